The summed E-state index contributed by atoms with van der Waals surface area (Å²) < 4.78 is 10.7. The van der Waals surface area contributed by atoms with E-state index in [0.29, 0.717) is 24.8 Å². The molecule has 0 radical (unpaired) electrons. The Hall–Kier alpha value is -1.81. The standard InChI is InChI=1S/C17H23N5O3S/c23-16(12-21-6-8-24-9-7-21)22-4-2-20(3-5-22)11-15-18-17(19-25-15)14-1-10-26-13-14/h1,10,13H,2-9,11-12H2. The molecule has 140 valence electrons. The summed E-state index contributed by atoms with van der Waals surface area (Å²) in [5.41, 5.74) is 0.989. The first-order valence-electron chi connectivity index (χ1n) is 8.93. The minimum absolute atomic E-state index is 0.212. The molecular weight excluding hydrogens is 354 g/mol. The first kappa shape index (κ1) is 17.6. The third-order valence-electron chi connectivity index (χ3n) is 4.79. The molecule has 2 fully saturated rings. The van der Waals surface area contributed by atoms with Crippen LogP contribution in [-0.2, 0) is 16.1 Å². The Morgan fingerprint density at radius 1 is 1.12 bits per heavy atom. The smallest absolute Gasteiger partial charge is 0.241 e. The maximum atomic E-state index is 12.5. The van der Waals surface area contributed by atoms with Gasteiger partial charge in [-0.3, -0.25) is 14.6 Å². The summed E-state index contributed by atoms with van der Waals surface area (Å²) in [5.74, 6) is 1.48. The van der Waals surface area contributed by atoms with Crippen LogP contribution in [0.5, 0.6) is 0 Å². The Labute approximate surface area is 156 Å². The van der Waals surface area contributed by atoms with Crippen LogP contribution in [0.1, 0.15) is 5.89 Å². The van der Waals surface area contributed by atoms with Gasteiger partial charge in [-0.2, -0.15) is 16.3 Å². The van der Waals surface area contributed by atoms with Gasteiger partial charge in [0, 0.05) is 50.2 Å². The second-order valence-corrected chi connectivity index (χ2v) is 7.35. The number of hydrogen-bond acceptors (Lipinski definition) is 8. The second kappa shape index (κ2) is 8.26. The lowest BCUT2D eigenvalue weighted by Crippen LogP contribution is -2.52. The van der Waals surface area contributed by atoms with Crippen LogP contribution in [0.2, 0.25) is 0 Å². The zero-order valence-electron chi connectivity index (χ0n) is 14.7. The molecule has 8 nitrogen and oxygen atoms in total. The summed E-state index contributed by atoms with van der Waals surface area (Å²) >= 11 is 1.61. The van der Waals surface area contributed by atoms with Crippen molar-refractivity contribution in [2.75, 3.05) is 59.0 Å². The van der Waals surface area contributed by atoms with Crippen molar-refractivity contribution in [3.63, 3.8) is 0 Å². The van der Waals surface area contributed by atoms with Crippen molar-refractivity contribution < 1.29 is 14.1 Å². The molecule has 1 amide bonds. The molecule has 9 heteroatoms. The SMILES string of the molecule is O=C(CN1CCOCC1)N1CCN(Cc2nc(-c3ccsc3)no2)CC1. The number of piperazine rings is 1. The van der Waals surface area contributed by atoms with E-state index < -0.39 is 0 Å². The lowest BCUT2D eigenvalue weighted by Gasteiger charge is -2.35. The molecule has 4 heterocycles. The van der Waals surface area contributed by atoms with Crippen molar-refractivity contribution in [3.05, 3.63) is 22.7 Å². The first-order valence-corrected chi connectivity index (χ1v) is 9.87. The largest absolute Gasteiger partial charge is 0.379 e. The lowest BCUT2D eigenvalue weighted by molar-refractivity contribution is -0.135. The minimum atomic E-state index is 0.212. The van der Waals surface area contributed by atoms with Gasteiger partial charge >= 0.3 is 0 Å². The van der Waals surface area contributed by atoms with E-state index in [-0.39, 0.29) is 5.91 Å². The molecular formula is C17H23N5O3S. The van der Waals surface area contributed by atoms with Gasteiger partial charge in [0.05, 0.1) is 26.3 Å². The van der Waals surface area contributed by atoms with E-state index in [9.17, 15) is 4.79 Å². The van der Waals surface area contributed by atoms with Crippen molar-refractivity contribution in [1.29, 1.82) is 0 Å². The molecule has 0 saturated carbocycles. The van der Waals surface area contributed by atoms with Crippen molar-refractivity contribution >= 4 is 17.2 Å². The highest BCUT2D eigenvalue weighted by atomic mass is 32.1. The molecule has 0 bridgehead atoms. The average Bonchev–Trinajstić information content (AvgIpc) is 3.35. The number of morpholine rings is 1. The van der Waals surface area contributed by atoms with E-state index in [2.05, 4.69) is 19.9 Å². The Morgan fingerprint density at radius 3 is 2.65 bits per heavy atom. The zero-order chi connectivity index (χ0) is 17.8. The number of aromatic nitrogens is 2. The molecule has 2 aromatic rings. The Balaban J connectivity index is 1.24. The van der Waals surface area contributed by atoms with Gasteiger partial charge in [-0.25, -0.2) is 0 Å². The fourth-order valence-corrected chi connectivity index (χ4v) is 3.86. The lowest BCUT2D eigenvalue weighted by atomic mass is 10.3. The summed E-state index contributed by atoms with van der Waals surface area (Å²) in [4.78, 5) is 23.3. The molecule has 0 unspecified atom stereocenters. The summed E-state index contributed by atoms with van der Waals surface area (Å²) in [7, 11) is 0. The molecule has 2 aromatic heterocycles. The topological polar surface area (TPSA) is 74.9 Å². The van der Waals surface area contributed by atoms with Gasteiger partial charge in [0.2, 0.25) is 17.6 Å². The third kappa shape index (κ3) is 4.29. The van der Waals surface area contributed by atoms with E-state index in [0.717, 1.165) is 58.0 Å². The molecule has 4 rings (SSSR count). The second-order valence-electron chi connectivity index (χ2n) is 6.57. The number of ether oxygens (including phenoxy) is 1. The van der Waals surface area contributed by atoms with Gasteiger partial charge in [-0.15, -0.1) is 0 Å². The quantitative estimate of drug-likeness (QED) is 0.762. The predicted molar refractivity (Wildman–Crippen MR) is 96.7 cm³/mol. The monoisotopic (exact) mass is 377 g/mol. The third-order valence-corrected chi connectivity index (χ3v) is 5.48. The van der Waals surface area contributed by atoms with Crippen LogP contribution in [0.3, 0.4) is 0 Å². The fraction of sp³-hybridized carbons (Fsp3) is 0.588. The fourth-order valence-electron chi connectivity index (χ4n) is 3.23. The molecule has 26 heavy (non-hydrogen) atoms. The molecule has 0 atom stereocenters. The minimum Gasteiger partial charge on any atom is -0.379 e. The van der Waals surface area contributed by atoms with Gasteiger partial charge in [0.25, 0.3) is 0 Å². The Morgan fingerprint density at radius 2 is 1.92 bits per heavy atom. The van der Waals surface area contributed by atoms with Crippen molar-refractivity contribution in [2.45, 2.75) is 6.54 Å². The van der Waals surface area contributed by atoms with Crippen LogP contribution in [-0.4, -0.2) is 89.8 Å². The summed E-state index contributed by atoms with van der Waals surface area (Å²) in [6.07, 6.45) is 0. The van der Waals surface area contributed by atoms with E-state index in [1.165, 1.54) is 0 Å². The number of hydrogen-bond donors (Lipinski definition) is 0. The average molecular weight is 377 g/mol. The molecule has 0 aliphatic carbocycles. The van der Waals surface area contributed by atoms with E-state index >= 15 is 0 Å². The molecule has 2 aliphatic heterocycles. The number of thiophene rings is 1. The van der Waals surface area contributed by atoms with Crippen LogP contribution in [0.15, 0.2) is 21.3 Å². The van der Waals surface area contributed by atoms with Gasteiger partial charge < -0.3 is 14.2 Å². The van der Waals surface area contributed by atoms with Crippen LogP contribution >= 0.6 is 11.3 Å². The van der Waals surface area contributed by atoms with Gasteiger partial charge in [0.1, 0.15) is 0 Å². The van der Waals surface area contributed by atoms with Gasteiger partial charge in [0.15, 0.2) is 0 Å². The summed E-state index contributed by atoms with van der Waals surface area (Å²) in [6.45, 7) is 7.39. The van der Waals surface area contributed by atoms with Gasteiger partial charge in [-0.1, -0.05) is 5.16 Å². The van der Waals surface area contributed by atoms with Crippen molar-refractivity contribution in [2.24, 2.45) is 0 Å². The highest BCUT2D eigenvalue weighted by Gasteiger charge is 2.24. The molecule has 0 N–H and O–H groups in total. The number of carbonyl (C=O) groups is 1. The molecule has 2 saturated heterocycles. The van der Waals surface area contributed by atoms with Crippen LogP contribution in [0.25, 0.3) is 11.4 Å². The predicted octanol–water partition coefficient (Wildman–Crippen LogP) is 0.774. The maximum absolute atomic E-state index is 12.5. The summed E-state index contributed by atoms with van der Waals surface area (Å²) in [6, 6.07) is 1.98. The Bertz CT molecular complexity index is 706. The maximum Gasteiger partial charge on any atom is 0.241 e. The van der Waals surface area contributed by atoms with Crippen LogP contribution in [0.4, 0.5) is 0 Å². The van der Waals surface area contributed by atoms with E-state index in [4.69, 9.17) is 9.26 Å². The molecule has 0 spiro atoms. The van der Waals surface area contributed by atoms with Crippen molar-refractivity contribution in [3.8, 4) is 11.4 Å². The Kier molecular flexibility index (Phi) is 5.59. The summed E-state index contributed by atoms with van der Waals surface area (Å²) in [5, 5.41) is 8.05. The highest BCUT2D eigenvalue weighted by Crippen LogP contribution is 2.19. The van der Waals surface area contributed by atoms with Crippen LogP contribution in [0, 0.1) is 0 Å². The van der Waals surface area contributed by atoms with Crippen molar-refractivity contribution in [1.82, 2.24) is 24.8 Å². The first-order chi connectivity index (χ1) is 12.8. The highest BCUT2D eigenvalue weighted by molar-refractivity contribution is 7.08. The van der Waals surface area contributed by atoms with E-state index in [1.54, 1.807) is 11.3 Å². The number of nitrogens with zero attached hydrogens (tertiary/aromatic N) is 5. The number of rotatable bonds is 5. The number of carbonyl (C=O) groups excluding carboxylic acids is 1. The normalized spacial score (nSPS) is 19.8. The van der Waals surface area contributed by atoms with Crippen LogP contribution < -0.4 is 0 Å². The molecule has 0 aromatic carbocycles. The number of amides is 1. The molecule has 2 aliphatic rings. The van der Waals surface area contributed by atoms with E-state index in [1.807, 2.05) is 21.7 Å². The van der Waals surface area contributed by atoms with Gasteiger partial charge in [-0.05, 0) is 11.4 Å². The zero-order valence-corrected chi connectivity index (χ0v) is 15.5.